The maximum absolute atomic E-state index is 13.9. The molecule has 0 bridgehead atoms. The summed E-state index contributed by atoms with van der Waals surface area (Å²) >= 11 is 1.18. The summed E-state index contributed by atoms with van der Waals surface area (Å²) < 4.78 is 24.3. The SMILES string of the molecule is CCOC(=O)C1=C(C)N=c2s/c(=C\c3ccc(-c4ccccc4C#N)o3)c(=O)n2[C@@H]1c1cc(OC)ccc1OC. The van der Waals surface area contributed by atoms with Crippen LogP contribution in [0.3, 0.4) is 0 Å². The smallest absolute Gasteiger partial charge is 0.338 e. The number of thiazole rings is 1. The van der Waals surface area contributed by atoms with E-state index in [1.54, 1.807) is 68.5 Å². The number of rotatable bonds is 7. The fourth-order valence-corrected chi connectivity index (χ4v) is 5.67. The second-order valence-electron chi connectivity index (χ2n) is 8.77. The number of fused-ring (bicyclic) bond motifs is 1. The van der Waals surface area contributed by atoms with E-state index in [1.165, 1.54) is 30.1 Å². The van der Waals surface area contributed by atoms with Crippen molar-refractivity contribution < 1.29 is 23.4 Å². The molecule has 0 saturated heterocycles. The molecule has 0 amide bonds. The van der Waals surface area contributed by atoms with Crippen LogP contribution in [0.5, 0.6) is 11.5 Å². The minimum atomic E-state index is -0.864. The van der Waals surface area contributed by atoms with Crippen molar-refractivity contribution in [2.24, 2.45) is 4.99 Å². The third-order valence-corrected chi connectivity index (χ3v) is 7.44. The quantitative estimate of drug-likeness (QED) is 0.317. The Morgan fingerprint density at radius 2 is 1.98 bits per heavy atom. The molecule has 40 heavy (non-hydrogen) atoms. The standard InChI is InChI=1S/C30H25N3O6S/c1-5-38-29(35)26-17(2)32-30-33(27(26)22-14-19(36-3)10-12-23(22)37-4)28(34)25(40-30)15-20-11-13-24(39-20)21-9-7-6-8-18(21)16-31/h6-15,27H,5H2,1-4H3/b25-15-/t27-/m1/s1. The third kappa shape index (κ3) is 4.72. The molecule has 0 radical (unpaired) electrons. The minimum absolute atomic E-state index is 0.164. The largest absolute Gasteiger partial charge is 0.497 e. The number of carbonyl (C=O) groups is 1. The molecular weight excluding hydrogens is 530 g/mol. The molecule has 2 aromatic carbocycles. The first-order valence-corrected chi connectivity index (χ1v) is 13.2. The van der Waals surface area contributed by atoms with Crippen LogP contribution in [-0.4, -0.2) is 31.4 Å². The Bertz CT molecular complexity index is 1870. The van der Waals surface area contributed by atoms with E-state index in [0.717, 1.165) is 0 Å². The first kappa shape index (κ1) is 26.7. The van der Waals surface area contributed by atoms with Crippen LogP contribution in [0, 0.1) is 11.3 Å². The van der Waals surface area contributed by atoms with Crippen LogP contribution in [0.2, 0.25) is 0 Å². The lowest BCUT2D eigenvalue weighted by atomic mass is 9.95. The minimum Gasteiger partial charge on any atom is -0.497 e. The highest BCUT2D eigenvalue weighted by molar-refractivity contribution is 7.07. The number of nitriles is 1. The summed E-state index contributed by atoms with van der Waals surface area (Å²) in [6.07, 6.45) is 1.63. The maximum Gasteiger partial charge on any atom is 0.338 e. The van der Waals surface area contributed by atoms with E-state index in [2.05, 4.69) is 11.1 Å². The normalized spacial score (nSPS) is 14.8. The van der Waals surface area contributed by atoms with Crippen molar-refractivity contribution in [2.45, 2.75) is 19.9 Å². The summed E-state index contributed by atoms with van der Waals surface area (Å²) in [5.41, 5.74) is 2.02. The van der Waals surface area contributed by atoms with Gasteiger partial charge < -0.3 is 18.6 Å². The molecule has 4 aromatic rings. The summed E-state index contributed by atoms with van der Waals surface area (Å²) in [7, 11) is 3.06. The van der Waals surface area contributed by atoms with Gasteiger partial charge in [0.1, 0.15) is 29.1 Å². The zero-order chi connectivity index (χ0) is 28.4. The van der Waals surface area contributed by atoms with E-state index >= 15 is 0 Å². The third-order valence-electron chi connectivity index (χ3n) is 6.46. The predicted octanol–water partition coefficient (Wildman–Crippen LogP) is 3.95. The molecule has 0 unspecified atom stereocenters. The summed E-state index contributed by atoms with van der Waals surface area (Å²) in [6, 6.07) is 17.1. The van der Waals surface area contributed by atoms with E-state index < -0.39 is 12.0 Å². The fraction of sp³-hybridized carbons (Fsp3) is 0.200. The molecule has 5 rings (SSSR count). The van der Waals surface area contributed by atoms with E-state index in [0.29, 0.717) is 54.7 Å². The van der Waals surface area contributed by atoms with Gasteiger partial charge in [-0.2, -0.15) is 5.26 Å². The van der Waals surface area contributed by atoms with E-state index in [4.69, 9.17) is 18.6 Å². The maximum atomic E-state index is 13.9. The van der Waals surface area contributed by atoms with Gasteiger partial charge in [0.2, 0.25) is 0 Å². The second kappa shape index (κ2) is 11.1. The molecule has 0 N–H and O–H groups in total. The van der Waals surface area contributed by atoms with Crippen molar-refractivity contribution in [1.82, 2.24) is 4.57 Å². The van der Waals surface area contributed by atoms with Gasteiger partial charge in [0, 0.05) is 17.2 Å². The lowest BCUT2D eigenvalue weighted by Crippen LogP contribution is -2.40. The van der Waals surface area contributed by atoms with Gasteiger partial charge in [-0.25, -0.2) is 9.79 Å². The van der Waals surface area contributed by atoms with E-state index in [9.17, 15) is 14.9 Å². The Balaban J connectivity index is 1.69. The van der Waals surface area contributed by atoms with Crippen LogP contribution in [0.15, 0.2) is 80.1 Å². The summed E-state index contributed by atoms with van der Waals surface area (Å²) in [5, 5.41) is 9.45. The number of methoxy groups -OCH3 is 2. The molecule has 2 aromatic heterocycles. The van der Waals surface area contributed by atoms with E-state index in [1.807, 2.05) is 6.07 Å². The molecular formula is C30H25N3O6S. The van der Waals surface area contributed by atoms with Crippen molar-refractivity contribution in [3.8, 4) is 28.9 Å². The molecule has 202 valence electrons. The Hall–Kier alpha value is -4.88. The van der Waals surface area contributed by atoms with Gasteiger partial charge in [0.15, 0.2) is 4.80 Å². The number of benzene rings is 2. The molecule has 3 heterocycles. The number of aromatic nitrogens is 1. The van der Waals surface area contributed by atoms with Crippen molar-refractivity contribution in [2.75, 3.05) is 20.8 Å². The van der Waals surface area contributed by atoms with E-state index in [-0.39, 0.29) is 17.7 Å². The number of furan rings is 1. The monoisotopic (exact) mass is 555 g/mol. The molecule has 1 atom stereocenters. The average Bonchev–Trinajstić information content (AvgIpc) is 3.56. The highest BCUT2D eigenvalue weighted by Gasteiger charge is 2.35. The van der Waals surface area contributed by atoms with Crippen molar-refractivity contribution in [1.29, 1.82) is 5.26 Å². The Kier molecular flexibility index (Phi) is 7.40. The van der Waals surface area contributed by atoms with Crippen LogP contribution >= 0.6 is 11.3 Å². The van der Waals surface area contributed by atoms with Gasteiger partial charge >= 0.3 is 5.97 Å². The van der Waals surface area contributed by atoms with Crippen LogP contribution in [0.25, 0.3) is 17.4 Å². The van der Waals surface area contributed by atoms with Gasteiger partial charge in [-0.05, 0) is 56.3 Å². The van der Waals surface area contributed by atoms with Crippen LogP contribution in [-0.2, 0) is 9.53 Å². The average molecular weight is 556 g/mol. The first-order valence-electron chi connectivity index (χ1n) is 12.4. The highest BCUT2D eigenvalue weighted by Crippen LogP contribution is 2.38. The first-order chi connectivity index (χ1) is 19.4. The summed E-state index contributed by atoms with van der Waals surface area (Å²) in [5.74, 6) is 1.39. The molecule has 0 saturated carbocycles. The molecule has 1 aliphatic heterocycles. The van der Waals surface area contributed by atoms with Gasteiger partial charge in [-0.1, -0.05) is 23.5 Å². The van der Waals surface area contributed by atoms with Crippen LogP contribution < -0.4 is 24.4 Å². The highest BCUT2D eigenvalue weighted by atomic mass is 32.1. The van der Waals surface area contributed by atoms with Gasteiger partial charge in [0.25, 0.3) is 5.56 Å². The predicted molar refractivity (Wildman–Crippen MR) is 149 cm³/mol. The lowest BCUT2D eigenvalue weighted by molar-refractivity contribution is -0.139. The molecule has 10 heteroatoms. The number of allylic oxidation sites excluding steroid dienone is 1. The number of nitrogens with zero attached hydrogens (tertiary/aromatic N) is 3. The zero-order valence-electron chi connectivity index (χ0n) is 22.3. The molecule has 0 spiro atoms. The molecule has 0 fully saturated rings. The van der Waals surface area contributed by atoms with Crippen molar-refractivity contribution >= 4 is 23.4 Å². The number of carbonyl (C=O) groups excluding carboxylic acids is 1. The lowest BCUT2D eigenvalue weighted by Gasteiger charge is -2.26. The summed E-state index contributed by atoms with van der Waals surface area (Å²) in [4.78, 5) is 32.1. The number of ether oxygens (including phenoxy) is 3. The Labute approximate surface area is 233 Å². The Morgan fingerprint density at radius 1 is 1.18 bits per heavy atom. The topological polar surface area (TPSA) is 116 Å². The zero-order valence-corrected chi connectivity index (χ0v) is 23.1. The molecule has 9 nitrogen and oxygen atoms in total. The van der Waals surface area contributed by atoms with Crippen molar-refractivity contribution in [3.63, 3.8) is 0 Å². The second-order valence-corrected chi connectivity index (χ2v) is 9.78. The Morgan fingerprint density at radius 3 is 2.70 bits per heavy atom. The van der Waals surface area contributed by atoms with Gasteiger partial charge in [-0.3, -0.25) is 9.36 Å². The summed E-state index contributed by atoms with van der Waals surface area (Å²) in [6.45, 7) is 3.60. The number of esters is 1. The van der Waals surface area contributed by atoms with Gasteiger partial charge in [-0.15, -0.1) is 0 Å². The number of hydrogen-bond donors (Lipinski definition) is 0. The molecule has 1 aliphatic rings. The number of hydrogen-bond acceptors (Lipinski definition) is 9. The van der Waals surface area contributed by atoms with Crippen LogP contribution in [0.4, 0.5) is 0 Å². The van der Waals surface area contributed by atoms with Crippen LogP contribution in [0.1, 0.15) is 36.8 Å². The van der Waals surface area contributed by atoms with Crippen molar-refractivity contribution in [3.05, 3.63) is 102 Å². The fourth-order valence-electron chi connectivity index (χ4n) is 4.64. The molecule has 0 aliphatic carbocycles. The van der Waals surface area contributed by atoms with Gasteiger partial charge in [0.05, 0.1) is 48.3 Å².